The standard InChI is InChI=1S/C13H15N3O/c1-3-17-11-7-5-9-14-13(11)16-12-8-4-6-10(2)15-12/h4-9H,3H2,1-2H3,(H,14,15,16). The Morgan fingerprint density at radius 1 is 1.24 bits per heavy atom. The first-order chi connectivity index (χ1) is 8.29. The molecule has 4 nitrogen and oxygen atoms in total. The van der Waals surface area contributed by atoms with Crippen molar-refractivity contribution in [3.05, 3.63) is 42.2 Å². The molecule has 0 aliphatic rings. The van der Waals surface area contributed by atoms with E-state index in [2.05, 4.69) is 15.3 Å². The number of nitrogens with zero attached hydrogens (tertiary/aromatic N) is 2. The third-order valence-corrected chi connectivity index (χ3v) is 2.21. The van der Waals surface area contributed by atoms with Crippen molar-refractivity contribution in [2.24, 2.45) is 0 Å². The van der Waals surface area contributed by atoms with E-state index in [9.17, 15) is 0 Å². The second kappa shape index (κ2) is 5.30. The van der Waals surface area contributed by atoms with Gasteiger partial charge in [-0.3, -0.25) is 0 Å². The molecule has 0 fully saturated rings. The van der Waals surface area contributed by atoms with Crippen molar-refractivity contribution in [1.82, 2.24) is 9.97 Å². The van der Waals surface area contributed by atoms with Gasteiger partial charge in [-0.1, -0.05) is 6.07 Å². The second-order valence-electron chi connectivity index (χ2n) is 3.57. The monoisotopic (exact) mass is 229 g/mol. The number of hydrogen-bond donors (Lipinski definition) is 1. The zero-order chi connectivity index (χ0) is 12.1. The first kappa shape index (κ1) is 11.4. The molecule has 0 unspecified atom stereocenters. The molecule has 2 rings (SSSR count). The fraction of sp³-hybridized carbons (Fsp3) is 0.231. The zero-order valence-corrected chi connectivity index (χ0v) is 9.97. The molecule has 0 bridgehead atoms. The number of nitrogens with one attached hydrogen (secondary N) is 1. The van der Waals surface area contributed by atoms with Crippen LogP contribution in [0.1, 0.15) is 12.6 Å². The largest absolute Gasteiger partial charge is 0.490 e. The molecule has 0 radical (unpaired) electrons. The van der Waals surface area contributed by atoms with E-state index in [-0.39, 0.29) is 0 Å². The molecule has 0 atom stereocenters. The summed E-state index contributed by atoms with van der Waals surface area (Å²) in [4.78, 5) is 8.61. The number of anilines is 2. The molecule has 2 aromatic rings. The van der Waals surface area contributed by atoms with Crippen molar-refractivity contribution in [1.29, 1.82) is 0 Å². The molecule has 0 spiro atoms. The van der Waals surface area contributed by atoms with Crippen LogP contribution in [0, 0.1) is 6.92 Å². The summed E-state index contributed by atoms with van der Waals surface area (Å²) in [6.45, 7) is 4.51. The van der Waals surface area contributed by atoms with Crippen LogP contribution in [0.5, 0.6) is 5.75 Å². The number of aromatic nitrogens is 2. The molecule has 0 aliphatic carbocycles. The van der Waals surface area contributed by atoms with Crippen LogP contribution in [0.15, 0.2) is 36.5 Å². The highest BCUT2D eigenvalue weighted by Crippen LogP contribution is 2.23. The van der Waals surface area contributed by atoms with Crippen LogP contribution in [0.2, 0.25) is 0 Å². The third-order valence-electron chi connectivity index (χ3n) is 2.21. The van der Waals surface area contributed by atoms with E-state index in [1.54, 1.807) is 6.20 Å². The van der Waals surface area contributed by atoms with Gasteiger partial charge in [-0.25, -0.2) is 9.97 Å². The lowest BCUT2D eigenvalue weighted by molar-refractivity contribution is 0.341. The molecule has 0 saturated carbocycles. The normalized spacial score (nSPS) is 10.0. The van der Waals surface area contributed by atoms with E-state index < -0.39 is 0 Å². The maximum Gasteiger partial charge on any atom is 0.174 e. The number of rotatable bonds is 4. The number of aryl methyl sites for hydroxylation is 1. The van der Waals surface area contributed by atoms with Crippen molar-refractivity contribution < 1.29 is 4.74 Å². The molecule has 1 N–H and O–H groups in total. The average Bonchev–Trinajstić information content (AvgIpc) is 2.32. The quantitative estimate of drug-likeness (QED) is 0.875. The lowest BCUT2D eigenvalue weighted by atomic mass is 10.3. The Bertz CT molecular complexity index is 500. The summed E-state index contributed by atoms with van der Waals surface area (Å²) in [5.74, 6) is 2.19. The van der Waals surface area contributed by atoms with E-state index in [0.717, 1.165) is 17.3 Å². The SMILES string of the molecule is CCOc1cccnc1Nc1cccc(C)n1. The van der Waals surface area contributed by atoms with Crippen LogP contribution in [-0.4, -0.2) is 16.6 Å². The minimum absolute atomic E-state index is 0.613. The van der Waals surface area contributed by atoms with Crippen molar-refractivity contribution >= 4 is 11.6 Å². The van der Waals surface area contributed by atoms with Crippen molar-refractivity contribution in [2.45, 2.75) is 13.8 Å². The zero-order valence-electron chi connectivity index (χ0n) is 9.97. The van der Waals surface area contributed by atoms with Crippen LogP contribution < -0.4 is 10.1 Å². The lowest BCUT2D eigenvalue weighted by Gasteiger charge is -2.10. The van der Waals surface area contributed by atoms with Gasteiger partial charge in [0.15, 0.2) is 11.6 Å². The van der Waals surface area contributed by atoms with E-state index in [4.69, 9.17) is 4.74 Å². The minimum atomic E-state index is 0.613. The molecule has 0 saturated heterocycles. The van der Waals surface area contributed by atoms with Crippen molar-refractivity contribution in [3.8, 4) is 5.75 Å². The highest BCUT2D eigenvalue weighted by atomic mass is 16.5. The summed E-state index contributed by atoms with van der Waals surface area (Å²) < 4.78 is 5.49. The maximum absolute atomic E-state index is 5.49. The highest BCUT2D eigenvalue weighted by Gasteiger charge is 2.04. The highest BCUT2D eigenvalue weighted by molar-refractivity contribution is 5.59. The Hall–Kier alpha value is -2.10. The number of hydrogen-bond acceptors (Lipinski definition) is 4. The summed E-state index contributed by atoms with van der Waals surface area (Å²) in [5.41, 5.74) is 0.962. The molecule has 88 valence electrons. The summed E-state index contributed by atoms with van der Waals surface area (Å²) in [7, 11) is 0. The van der Waals surface area contributed by atoms with Gasteiger partial charge >= 0.3 is 0 Å². The van der Waals surface area contributed by atoms with E-state index in [1.807, 2.05) is 44.2 Å². The summed E-state index contributed by atoms with van der Waals surface area (Å²) in [6.07, 6.45) is 1.72. The molecule has 4 heteroatoms. The average molecular weight is 229 g/mol. The fourth-order valence-corrected chi connectivity index (χ4v) is 1.49. The Labute approximate surface area is 101 Å². The molecule has 17 heavy (non-hydrogen) atoms. The van der Waals surface area contributed by atoms with Crippen molar-refractivity contribution in [3.63, 3.8) is 0 Å². The van der Waals surface area contributed by atoms with Gasteiger partial charge in [0.05, 0.1) is 6.61 Å². The van der Waals surface area contributed by atoms with Gasteiger partial charge in [0.25, 0.3) is 0 Å². The molecular formula is C13H15N3O. The number of ether oxygens (including phenoxy) is 1. The molecule has 2 heterocycles. The fourth-order valence-electron chi connectivity index (χ4n) is 1.49. The summed E-state index contributed by atoms with van der Waals surface area (Å²) >= 11 is 0. The van der Waals surface area contributed by atoms with Crippen LogP contribution in [0.25, 0.3) is 0 Å². The Balaban J connectivity index is 2.23. The predicted octanol–water partition coefficient (Wildman–Crippen LogP) is 2.93. The summed E-state index contributed by atoms with van der Waals surface area (Å²) in [6, 6.07) is 9.53. The third kappa shape index (κ3) is 2.93. The Kier molecular flexibility index (Phi) is 3.55. The number of pyridine rings is 2. The molecule has 0 aliphatic heterocycles. The van der Waals surface area contributed by atoms with Gasteiger partial charge in [-0.2, -0.15) is 0 Å². The van der Waals surface area contributed by atoms with E-state index in [1.165, 1.54) is 0 Å². The first-order valence-electron chi connectivity index (χ1n) is 5.58. The van der Waals surface area contributed by atoms with Gasteiger partial charge in [0, 0.05) is 11.9 Å². The van der Waals surface area contributed by atoms with E-state index >= 15 is 0 Å². The Morgan fingerprint density at radius 2 is 2.12 bits per heavy atom. The van der Waals surface area contributed by atoms with Gasteiger partial charge in [0.2, 0.25) is 0 Å². The lowest BCUT2D eigenvalue weighted by Crippen LogP contribution is -2.01. The van der Waals surface area contributed by atoms with Crippen LogP contribution >= 0.6 is 0 Å². The maximum atomic E-state index is 5.49. The molecule has 0 aromatic carbocycles. The van der Waals surface area contributed by atoms with Crippen LogP contribution in [-0.2, 0) is 0 Å². The van der Waals surface area contributed by atoms with Gasteiger partial charge < -0.3 is 10.1 Å². The molecular weight excluding hydrogens is 214 g/mol. The second-order valence-corrected chi connectivity index (χ2v) is 3.57. The smallest absolute Gasteiger partial charge is 0.174 e. The first-order valence-corrected chi connectivity index (χ1v) is 5.58. The Morgan fingerprint density at radius 3 is 2.88 bits per heavy atom. The molecule has 0 amide bonds. The predicted molar refractivity (Wildman–Crippen MR) is 67.7 cm³/mol. The van der Waals surface area contributed by atoms with Crippen LogP contribution in [0.4, 0.5) is 11.6 Å². The van der Waals surface area contributed by atoms with Gasteiger partial charge in [-0.05, 0) is 38.1 Å². The molecule has 2 aromatic heterocycles. The van der Waals surface area contributed by atoms with Crippen LogP contribution in [0.3, 0.4) is 0 Å². The minimum Gasteiger partial charge on any atom is -0.490 e. The van der Waals surface area contributed by atoms with Gasteiger partial charge in [-0.15, -0.1) is 0 Å². The summed E-state index contributed by atoms with van der Waals surface area (Å²) in [5, 5.41) is 3.15. The van der Waals surface area contributed by atoms with E-state index in [0.29, 0.717) is 12.4 Å². The topological polar surface area (TPSA) is 47.0 Å². The van der Waals surface area contributed by atoms with Gasteiger partial charge in [0.1, 0.15) is 5.82 Å². The van der Waals surface area contributed by atoms with Crippen molar-refractivity contribution in [2.75, 3.05) is 11.9 Å².